The number of allylic oxidation sites excluding steroid dienone is 6. The molecule has 0 rings (SSSR count). The summed E-state index contributed by atoms with van der Waals surface area (Å²) in [6.45, 7) is 3.51. The van der Waals surface area contributed by atoms with Crippen LogP contribution >= 0.6 is 7.82 Å². The Bertz CT molecular complexity index is 815. The number of carbonyl (C=O) groups excluding carboxylic acids is 2. The zero-order valence-electron chi connectivity index (χ0n) is 26.9. The van der Waals surface area contributed by atoms with E-state index in [0.717, 1.165) is 70.6 Å². The van der Waals surface area contributed by atoms with Gasteiger partial charge in [0.2, 0.25) is 0 Å². The van der Waals surface area contributed by atoms with E-state index in [1.54, 1.807) is 0 Å². The van der Waals surface area contributed by atoms with Gasteiger partial charge in [0.25, 0.3) is 0 Å². The standard InChI is InChI=1S/C33H60NO8P/c1-3-5-7-9-11-12-13-14-15-16-17-18-20-21-23-25-32(35)39-29-31(30-41-43(37,38)40-28-27-34)42-33(36)26-24-22-19-10-8-6-4-2/h5,7,11-12,14-15,31H,3-4,6,8-10,13,16-30,34H2,1-2H3,(H,37,38)/b7-5+,12-11+,15-14+/t31-/m0/s1. The molecule has 3 N–H and O–H groups in total. The van der Waals surface area contributed by atoms with Crippen molar-refractivity contribution in [3.05, 3.63) is 36.5 Å². The van der Waals surface area contributed by atoms with E-state index in [2.05, 4.69) is 50.3 Å². The molecule has 0 aliphatic heterocycles. The average molecular weight is 630 g/mol. The van der Waals surface area contributed by atoms with Gasteiger partial charge in [-0.2, -0.15) is 0 Å². The molecule has 0 spiro atoms. The summed E-state index contributed by atoms with van der Waals surface area (Å²) in [6.07, 6.45) is 29.1. The molecule has 1 unspecified atom stereocenters. The Morgan fingerprint density at radius 3 is 1.91 bits per heavy atom. The minimum atomic E-state index is -4.36. The Hall–Kier alpha value is -1.77. The predicted molar refractivity (Wildman–Crippen MR) is 173 cm³/mol. The number of hydrogen-bond acceptors (Lipinski definition) is 8. The summed E-state index contributed by atoms with van der Waals surface area (Å²) in [5, 5.41) is 0. The van der Waals surface area contributed by atoms with Crippen molar-refractivity contribution in [3.63, 3.8) is 0 Å². The molecule has 10 heteroatoms. The number of phosphoric acid groups is 1. The van der Waals surface area contributed by atoms with E-state index >= 15 is 0 Å². The maximum absolute atomic E-state index is 12.4. The molecular formula is C33H60NO8P. The lowest BCUT2D eigenvalue weighted by atomic mass is 10.1. The second-order valence-corrected chi connectivity index (χ2v) is 12.1. The van der Waals surface area contributed by atoms with Crippen molar-refractivity contribution in [2.24, 2.45) is 5.73 Å². The Labute approximate surface area is 261 Å². The quantitative estimate of drug-likeness (QED) is 0.0348. The molecule has 9 nitrogen and oxygen atoms in total. The predicted octanol–water partition coefficient (Wildman–Crippen LogP) is 8.26. The first-order valence-corrected chi connectivity index (χ1v) is 18.0. The highest BCUT2D eigenvalue weighted by Gasteiger charge is 2.25. The van der Waals surface area contributed by atoms with Crippen LogP contribution in [0.3, 0.4) is 0 Å². The second kappa shape index (κ2) is 30.3. The van der Waals surface area contributed by atoms with Gasteiger partial charge >= 0.3 is 19.8 Å². The summed E-state index contributed by atoms with van der Waals surface area (Å²) in [4.78, 5) is 34.4. The molecule has 0 saturated heterocycles. The third-order valence-corrected chi connectivity index (χ3v) is 7.52. The van der Waals surface area contributed by atoms with Crippen LogP contribution in [-0.4, -0.2) is 49.3 Å². The molecule has 0 aliphatic carbocycles. The summed E-state index contributed by atoms with van der Waals surface area (Å²) in [7, 11) is -4.36. The van der Waals surface area contributed by atoms with Gasteiger partial charge in [0.05, 0.1) is 13.2 Å². The van der Waals surface area contributed by atoms with Crippen LogP contribution in [0.15, 0.2) is 36.5 Å². The molecule has 0 aliphatic rings. The Morgan fingerprint density at radius 2 is 1.28 bits per heavy atom. The number of phosphoric ester groups is 1. The third kappa shape index (κ3) is 30.1. The van der Waals surface area contributed by atoms with E-state index in [0.29, 0.717) is 12.8 Å². The summed E-state index contributed by atoms with van der Waals surface area (Å²) in [5.41, 5.74) is 5.30. The van der Waals surface area contributed by atoms with Crippen LogP contribution in [0.1, 0.15) is 129 Å². The number of nitrogens with two attached hydrogens (primary N) is 1. The smallest absolute Gasteiger partial charge is 0.462 e. The van der Waals surface area contributed by atoms with Crippen LogP contribution in [0, 0.1) is 0 Å². The monoisotopic (exact) mass is 629 g/mol. The number of hydrogen-bond donors (Lipinski definition) is 2. The van der Waals surface area contributed by atoms with Crippen LogP contribution in [-0.2, 0) is 32.7 Å². The van der Waals surface area contributed by atoms with E-state index in [-0.39, 0.29) is 32.6 Å². The highest BCUT2D eigenvalue weighted by atomic mass is 31.2. The van der Waals surface area contributed by atoms with Crippen molar-refractivity contribution < 1.29 is 37.6 Å². The van der Waals surface area contributed by atoms with E-state index < -0.39 is 32.5 Å². The first-order chi connectivity index (χ1) is 20.8. The molecular weight excluding hydrogens is 569 g/mol. The van der Waals surface area contributed by atoms with Crippen LogP contribution in [0.25, 0.3) is 0 Å². The van der Waals surface area contributed by atoms with Crippen molar-refractivity contribution in [2.75, 3.05) is 26.4 Å². The Kier molecular flexibility index (Phi) is 29.0. The van der Waals surface area contributed by atoms with E-state index in [9.17, 15) is 19.0 Å². The van der Waals surface area contributed by atoms with Crippen molar-refractivity contribution in [3.8, 4) is 0 Å². The van der Waals surface area contributed by atoms with Crippen LogP contribution < -0.4 is 5.73 Å². The number of rotatable bonds is 30. The minimum absolute atomic E-state index is 0.0505. The molecule has 0 heterocycles. The van der Waals surface area contributed by atoms with Gasteiger partial charge in [-0.15, -0.1) is 0 Å². The summed E-state index contributed by atoms with van der Waals surface area (Å²) in [5.74, 6) is -0.860. The lowest BCUT2D eigenvalue weighted by Gasteiger charge is -2.19. The van der Waals surface area contributed by atoms with E-state index in [1.807, 2.05) is 0 Å². The van der Waals surface area contributed by atoms with Gasteiger partial charge in [-0.1, -0.05) is 108 Å². The highest BCUT2D eigenvalue weighted by molar-refractivity contribution is 7.47. The largest absolute Gasteiger partial charge is 0.472 e. The van der Waals surface area contributed by atoms with Crippen LogP contribution in [0.2, 0.25) is 0 Å². The summed E-state index contributed by atoms with van der Waals surface area (Å²) >= 11 is 0. The second-order valence-electron chi connectivity index (χ2n) is 10.7. The minimum Gasteiger partial charge on any atom is -0.462 e. The van der Waals surface area contributed by atoms with Crippen LogP contribution in [0.5, 0.6) is 0 Å². The number of carbonyl (C=O) groups is 2. The lowest BCUT2D eigenvalue weighted by molar-refractivity contribution is -0.161. The van der Waals surface area contributed by atoms with Crippen molar-refractivity contribution in [2.45, 2.75) is 136 Å². The Balaban J connectivity index is 4.26. The van der Waals surface area contributed by atoms with E-state index in [4.69, 9.17) is 24.3 Å². The molecule has 0 fully saturated rings. The Morgan fingerprint density at radius 1 is 0.721 bits per heavy atom. The fraction of sp³-hybridized carbons (Fsp3) is 0.758. The number of esters is 2. The molecule has 250 valence electrons. The molecule has 2 atom stereocenters. The fourth-order valence-electron chi connectivity index (χ4n) is 4.12. The third-order valence-electron chi connectivity index (χ3n) is 6.54. The SMILES string of the molecule is CC/C=C/C/C=C/C/C=C/CCCCCCCC(=O)OC[C@@H](COP(=O)(O)OCCN)OC(=O)CCCCCCCCC. The number of ether oxygens (including phenoxy) is 2. The van der Waals surface area contributed by atoms with Crippen molar-refractivity contribution in [1.29, 1.82) is 0 Å². The molecule has 0 aromatic rings. The van der Waals surface area contributed by atoms with Gasteiger partial charge in [-0.3, -0.25) is 18.6 Å². The molecule has 0 amide bonds. The van der Waals surface area contributed by atoms with Crippen LogP contribution in [0.4, 0.5) is 0 Å². The number of unbranched alkanes of at least 4 members (excludes halogenated alkanes) is 11. The van der Waals surface area contributed by atoms with Gasteiger partial charge in [-0.25, -0.2) is 4.57 Å². The normalized spacial score (nSPS) is 14.0. The van der Waals surface area contributed by atoms with Crippen molar-refractivity contribution in [1.82, 2.24) is 0 Å². The fourth-order valence-corrected chi connectivity index (χ4v) is 4.88. The molecule has 0 radical (unpaired) electrons. The molecule has 0 aromatic carbocycles. The topological polar surface area (TPSA) is 134 Å². The van der Waals surface area contributed by atoms with Gasteiger partial charge in [-0.05, 0) is 44.9 Å². The van der Waals surface area contributed by atoms with Crippen molar-refractivity contribution >= 4 is 19.8 Å². The van der Waals surface area contributed by atoms with Gasteiger partial charge in [0.15, 0.2) is 6.10 Å². The zero-order chi connectivity index (χ0) is 31.9. The first-order valence-electron chi connectivity index (χ1n) is 16.5. The lowest BCUT2D eigenvalue weighted by Crippen LogP contribution is -2.29. The van der Waals surface area contributed by atoms with Gasteiger partial charge in [0.1, 0.15) is 6.61 Å². The maximum Gasteiger partial charge on any atom is 0.472 e. The summed E-state index contributed by atoms with van der Waals surface area (Å²) in [6, 6.07) is 0. The first kappa shape index (κ1) is 41.2. The molecule has 0 saturated carbocycles. The molecule has 0 aromatic heterocycles. The zero-order valence-corrected chi connectivity index (χ0v) is 27.8. The summed E-state index contributed by atoms with van der Waals surface area (Å²) < 4.78 is 32.4. The van der Waals surface area contributed by atoms with Gasteiger partial charge in [0, 0.05) is 19.4 Å². The van der Waals surface area contributed by atoms with E-state index in [1.165, 1.54) is 19.3 Å². The molecule has 0 bridgehead atoms. The highest BCUT2D eigenvalue weighted by Crippen LogP contribution is 2.43. The maximum atomic E-state index is 12.4. The average Bonchev–Trinajstić information content (AvgIpc) is 2.99. The molecule has 43 heavy (non-hydrogen) atoms. The van der Waals surface area contributed by atoms with Gasteiger partial charge < -0.3 is 20.1 Å².